The van der Waals surface area contributed by atoms with E-state index in [1.54, 1.807) is 0 Å². The first-order chi connectivity index (χ1) is 5.65. The standard InChI is InChI=1S/C8H7NO3/c1-9-5-2-3-6(8(11)12)7(10)4-5/h2-4,10H,1H2,(H,11,12). The molecule has 0 saturated heterocycles. The van der Waals surface area contributed by atoms with Crippen LogP contribution in [0, 0.1) is 0 Å². The predicted octanol–water partition coefficient (Wildman–Crippen LogP) is 1.42. The average Bonchev–Trinajstić information content (AvgIpc) is 2.03. The number of rotatable bonds is 2. The Morgan fingerprint density at radius 1 is 1.50 bits per heavy atom. The van der Waals surface area contributed by atoms with Crippen molar-refractivity contribution in [2.24, 2.45) is 4.99 Å². The van der Waals surface area contributed by atoms with Gasteiger partial charge in [0.15, 0.2) is 0 Å². The van der Waals surface area contributed by atoms with Crippen LogP contribution in [0.5, 0.6) is 5.75 Å². The van der Waals surface area contributed by atoms with Crippen molar-refractivity contribution in [2.75, 3.05) is 0 Å². The lowest BCUT2D eigenvalue weighted by Crippen LogP contribution is -1.95. The first-order valence-electron chi connectivity index (χ1n) is 3.18. The largest absolute Gasteiger partial charge is 0.507 e. The molecule has 0 aliphatic heterocycles. The molecule has 4 heteroatoms. The minimum atomic E-state index is -1.16. The molecule has 1 rings (SSSR count). The molecule has 0 aromatic heterocycles. The molecule has 0 atom stereocenters. The molecule has 0 aliphatic rings. The molecule has 1 aromatic carbocycles. The zero-order valence-electron chi connectivity index (χ0n) is 6.19. The van der Waals surface area contributed by atoms with E-state index in [4.69, 9.17) is 10.2 Å². The summed E-state index contributed by atoms with van der Waals surface area (Å²) < 4.78 is 0. The van der Waals surface area contributed by atoms with E-state index in [1.165, 1.54) is 18.2 Å². The van der Waals surface area contributed by atoms with Crippen LogP contribution in [-0.2, 0) is 0 Å². The van der Waals surface area contributed by atoms with Gasteiger partial charge in [0.2, 0.25) is 0 Å². The Hall–Kier alpha value is -1.84. The quantitative estimate of drug-likeness (QED) is 0.651. The molecule has 0 amide bonds. The monoisotopic (exact) mass is 165 g/mol. The molecule has 0 radical (unpaired) electrons. The van der Waals surface area contributed by atoms with Gasteiger partial charge in [0.05, 0.1) is 5.69 Å². The van der Waals surface area contributed by atoms with Gasteiger partial charge in [0.25, 0.3) is 0 Å². The van der Waals surface area contributed by atoms with E-state index in [1.807, 2.05) is 0 Å². The zero-order valence-corrected chi connectivity index (χ0v) is 6.19. The Labute approximate surface area is 68.8 Å². The van der Waals surface area contributed by atoms with Crippen LogP contribution in [0.15, 0.2) is 23.2 Å². The van der Waals surface area contributed by atoms with E-state index in [-0.39, 0.29) is 11.3 Å². The highest BCUT2D eigenvalue weighted by atomic mass is 16.4. The van der Waals surface area contributed by atoms with Gasteiger partial charge < -0.3 is 10.2 Å². The number of hydrogen-bond donors (Lipinski definition) is 2. The zero-order chi connectivity index (χ0) is 9.14. The number of nitrogens with zero attached hydrogens (tertiary/aromatic N) is 1. The van der Waals surface area contributed by atoms with Gasteiger partial charge in [0, 0.05) is 6.07 Å². The maximum absolute atomic E-state index is 10.4. The summed E-state index contributed by atoms with van der Waals surface area (Å²) in [5.41, 5.74) is 0.305. The van der Waals surface area contributed by atoms with Gasteiger partial charge in [0.1, 0.15) is 11.3 Å². The van der Waals surface area contributed by atoms with Crippen molar-refractivity contribution in [1.29, 1.82) is 0 Å². The first-order valence-corrected chi connectivity index (χ1v) is 3.18. The highest BCUT2D eigenvalue weighted by molar-refractivity contribution is 5.91. The number of aliphatic imine (C=N–C) groups is 1. The lowest BCUT2D eigenvalue weighted by molar-refractivity contribution is 0.0694. The van der Waals surface area contributed by atoms with Crippen LogP contribution in [-0.4, -0.2) is 22.9 Å². The molecule has 62 valence electrons. The van der Waals surface area contributed by atoms with Gasteiger partial charge >= 0.3 is 5.97 Å². The second-order valence-electron chi connectivity index (χ2n) is 2.16. The van der Waals surface area contributed by atoms with Crippen LogP contribution in [0.25, 0.3) is 0 Å². The number of aromatic carboxylic acids is 1. The molecule has 0 fully saturated rings. The van der Waals surface area contributed by atoms with Gasteiger partial charge in [-0.15, -0.1) is 0 Å². The summed E-state index contributed by atoms with van der Waals surface area (Å²) in [5, 5.41) is 17.6. The van der Waals surface area contributed by atoms with Crippen LogP contribution in [0.4, 0.5) is 5.69 Å². The molecule has 2 N–H and O–H groups in total. The summed E-state index contributed by atoms with van der Waals surface area (Å²) in [4.78, 5) is 13.9. The number of phenols is 1. The topological polar surface area (TPSA) is 69.9 Å². The molecule has 4 nitrogen and oxygen atoms in total. The fourth-order valence-electron chi connectivity index (χ4n) is 0.799. The second kappa shape index (κ2) is 3.04. The second-order valence-corrected chi connectivity index (χ2v) is 2.16. The molecule has 0 bridgehead atoms. The lowest BCUT2D eigenvalue weighted by Gasteiger charge is -1.98. The molecule has 0 heterocycles. The fraction of sp³-hybridized carbons (Fsp3) is 0. The Balaban J connectivity index is 3.20. The van der Waals surface area contributed by atoms with E-state index in [2.05, 4.69) is 11.7 Å². The number of carbonyl (C=O) groups is 1. The number of carboxylic acids is 1. The highest BCUT2D eigenvalue weighted by Crippen LogP contribution is 2.23. The Morgan fingerprint density at radius 3 is 2.58 bits per heavy atom. The molecule has 1 aromatic rings. The summed E-state index contributed by atoms with van der Waals surface area (Å²) in [6.45, 7) is 3.24. The molecule has 0 saturated carbocycles. The normalized spacial score (nSPS) is 9.33. The molecular formula is C8H7NO3. The van der Waals surface area contributed by atoms with E-state index in [0.717, 1.165) is 0 Å². The third-order valence-corrected chi connectivity index (χ3v) is 1.39. The SMILES string of the molecule is C=Nc1ccc(C(=O)O)c(O)c1. The smallest absolute Gasteiger partial charge is 0.339 e. The van der Waals surface area contributed by atoms with Crippen LogP contribution >= 0.6 is 0 Å². The maximum atomic E-state index is 10.4. The Bertz CT molecular complexity index is 333. The van der Waals surface area contributed by atoms with Gasteiger partial charge in [-0.25, -0.2) is 4.79 Å². The lowest BCUT2D eigenvalue weighted by atomic mass is 10.2. The van der Waals surface area contributed by atoms with Crippen molar-refractivity contribution < 1.29 is 15.0 Å². The van der Waals surface area contributed by atoms with Gasteiger partial charge in [-0.3, -0.25) is 4.99 Å². The number of hydrogen-bond acceptors (Lipinski definition) is 3. The maximum Gasteiger partial charge on any atom is 0.339 e. The third-order valence-electron chi connectivity index (χ3n) is 1.39. The van der Waals surface area contributed by atoms with Gasteiger partial charge in [-0.2, -0.15) is 0 Å². The third kappa shape index (κ3) is 1.42. The van der Waals surface area contributed by atoms with Crippen molar-refractivity contribution in [2.45, 2.75) is 0 Å². The Morgan fingerprint density at radius 2 is 2.17 bits per heavy atom. The van der Waals surface area contributed by atoms with Crippen LogP contribution < -0.4 is 0 Å². The van der Waals surface area contributed by atoms with E-state index < -0.39 is 5.97 Å². The van der Waals surface area contributed by atoms with Crippen LogP contribution in [0.2, 0.25) is 0 Å². The summed E-state index contributed by atoms with van der Waals surface area (Å²) in [6, 6.07) is 3.99. The first kappa shape index (κ1) is 8.26. The highest BCUT2D eigenvalue weighted by Gasteiger charge is 2.08. The number of benzene rings is 1. The van der Waals surface area contributed by atoms with Crippen molar-refractivity contribution in [3.05, 3.63) is 23.8 Å². The van der Waals surface area contributed by atoms with Crippen LogP contribution in [0.1, 0.15) is 10.4 Å². The predicted molar refractivity (Wildman–Crippen MR) is 44.3 cm³/mol. The van der Waals surface area contributed by atoms with E-state index in [9.17, 15) is 4.79 Å². The van der Waals surface area contributed by atoms with Crippen molar-refractivity contribution in [3.63, 3.8) is 0 Å². The molecule has 0 unspecified atom stereocenters. The molecular weight excluding hydrogens is 158 g/mol. The van der Waals surface area contributed by atoms with Crippen LogP contribution in [0.3, 0.4) is 0 Å². The summed E-state index contributed by atoms with van der Waals surface area (Å²) in [7, 11) is 0. The minimum absolute atomic E-state index is 0.137. The summed E-state index contributed by atoms with van der Waals surface area (Å²) in [6.07, 6.45) is 0. The van der Waals surface area contributed by atoms with Crippen molar-refractivity contribution in [1.82, 2.24) is 0 Å². The number of aromatic hydroxyl groups is 1. The van der Waals surface area contributed by atoms with E-state index in [0.29, 0.717) is 5.69 Å². The molecule has 12 heavy (non-hydrogen) atoms. The van der Waals surface area contributed by atoms with Gasteiger partial charge in [-0.05, 0) is 18.9 Å². The van der Waals surface area contributed by atoms with Crippen molar-refractivity contribution in [3.8, 4) is 5.75 Å². The average molecular weight is 165 g/mol. The fourth-order valence-corrected chi connectivity index (χ4v) is 0.799. The van der Waals surface area contributed by atoms with Gasteiger partial charge in [-0.1, -0.05) is 0 Å². The summed E-state index contributed by atoms with van der Waals surface area (Å²) in [5.74, 6) is -1.46. The number of carboxylic acid groups (broad SMARTS) is 1. The van der Waals surface area contributed by atoms with Crippen molar-refractivity contribution >= 4 is 18.4 Å². The molecule has 0 spiro atoms. The Kier molecular flexibility index (Phi) is 2.09. The summed E-state index contributed by atoms with van der Waals surface area (Å²) >= 11 is 0. The van der Waals surface area contributed by atoms with E-state index >= 15 is 0 Å². The minimum Gasteiger partial charge on any atom is -0.507 e. The molecule has 0 aliphatic carbocycles.